The van der Waals surface area contributed by atoms with Gasteiger partial charge in [0, 0.05) is 18.2 Å². The Balaban J connectivity index is 1.99. The first-order valence-corrected chi connectivity index (χ1v) is 6.08. The second-order valence-electron chi connectivity index (χ2n) is 4.06. The van der Waals surface area contributed by atoms with E-state index in [0.29, 0.717) is 5.69 Å². The summed E-state index contributed by atoms with van der Waals surface area (Å²) >= 11 is 0. The molecule has 0 aromatic heterocycles. The average Bonchev–Trinajstić information content (AvgIpc) is 2.52. The van der Waals surface area contributed by atoms with Crippen molar-refractivity contribution in [2.45, 2.75) is 0 Å². The molecule has 0 unspecified atom stereocenters. The largest absolute Gasteiger partial charge is 0.288 e. The molecule has 0 spiro atoms. The van der Waals surface area contributed by atoms with Gasteiger partial charge in [-0.1, -0.05) is 30.3 Å². The predicted molar refractivity (Wildman–Crippen MR) is 78.1 cm³/mol. The molecular weight excluding hydrogens is 270 g/mol. The van der Waals surface area contributed by atoms with Crippen molar-refractivity contribution in [2.24, 2.45) is 10.2 Å². The van der Waals surface area contributed by atoms with Crippen LogP contribution in [0.1, 0.15) is 5.56 Å². The number of rotatable bonds is 4. The quantitative estimate of drug-likeness (QED) is 0.368. The summed E-state index contributed by atoms with van der Waals surface area (Å²) in [7, 11) is 0. The molecule has 0 bridgehead atoms. The molecule has 0 fully saturated rings. The molecule has 0 saturated carbocycles. The lowest BCUT2D eigenvalue weighted by Gasteiger charge is -1.92. The highest BCUT2D eigenvalue weighted by atomic mass is 16.6. The van der Waals surface area contributed by atoms with Crippen LogP contribution in [-0.2, 0) is 4.79 Å². The fourth-order valence-corrected chi connectivity index (χ4v) is 1.51. The lowest BCUT2D eigenvalue weighted by molar-refractivity contribution is -0.384. The molecule has 2 aromatic carbocycles. The molecule has 0 radical (unpaired) electrons. The van der Waals surface area contributed by atoms with Crippen LogP contribution in [0.4, 0.5) is 11.4 Å². The minimum absolute atomic E-state index is 0.0377. The highest BCUT2D eigenvalue weighted by Crippen LogP contribution is 2.18. The van der Waals surface area contributed by atoms with Gasteiger partial charge in [0.25, 0.3) is 11.6 Å². The Morgan fingerprint density at radius 3 is 2.33 bits per heavy atom. The zero-order chi connectivity index (χ0) is 15.1. The van der Waals surface area contributed by atoms with Crippen LogP contribution in [-0.4, -0.2) is 10.8 Å². The lowest BCUT2D eigenvalue weighted by Crippen LogP contribution is -1.86. The molecule has 0 aliphatic heterocycles. The van der Waals surface area contributed by atoms with E-state index >= 15 is 0 Å². The summed E-state index contributed by atoms with van der Waals surface area (Å²) < 4.78 is 0. The number of nitro groups is 1. The molecule has 6 heteroatoms. The normalized spacial score (nSPS) is 11.0. The van der Waals surface area contributed by atoms with E-state index in [1.54, 1.807) is 6.08 Å². The van der Waals surface area contributed by atoms with Crippen molar-refractivity contribution in [2.75, 3.05) is 0 Å². The summed E-state index contributed by atoms with van der Waals surface area (Å²) in [6.45, 7) is 0. The number of carbonyl (C=O) groups excluding carboxylic acids is 1. The van der Waals surface area contributed by atoms with Crippen LogP contribution < -0.4 is 0 Å². The fraction of sp³-hybridized carbons (Fsp3) is 0. The van der Waals surface area contributed by atoms with E-state index in [4.69, 9.17) is 0 Å². The third-order valence-electron chi connectivity index (χ3n) is 2.54. The number of azo groups is 1. The molecule has 0 heterocycles. The van der Waals surface area contributed by atoms with E-state index < -0.39 is 10.8 Å². The topological polar surface area (TPSA) is 84.9 Å². The summed E-state index contributed by atoms with van der Waals surface area (Å²) in [5.74, 6) is -0.503. The minimum Gasteiger partial charge on any atom is -0.266 e. The number of benzene rings is 2. The Kier molecular flexibility index (Phi) is 4.66. The van der Waals surface area contributed by atoms with Crippen LogP contribution in [0.3, 0.4) is 0 Å². The van der Waals surface area contributed by atoms with Crippen molar-refractivity contribution in [1.29, 1.82) is 0 Å². The van der Waals surface area contributed by atoms with E-state index in [-0.39, 0.29) is 5.69 Å². The van der Waals surface area contributed by atoms with Crippen LogP contribution in [0, 0.1) is 10.1 Å². The molecule has 0 N–H and O–H groups in total. The van der Waals surface area contributed by atoms with Crippen LogP contribution in [0.5, 0.6) is 0 Å². The summed E-state index contributed by atoms with van der Waals surface area (Å²) in [5, 5.41) is 17.7. The Labute approximate surface area is 120 Å². The SMILES string of the molecule is O=C(/C=C/c1ccccc1)N=Nc1ccc([N+](=O)[O-])cc1. The molecule has 0 aliphatic rings. The highest BCUT2D eigenvalue weighted by Gasteiger charge is 2.03. The van der Waals surface area contributed by atoms with E-state index in [1.165, 1.54) is 30.3 Å². The van der Waals surface area contributed by atoms with Crippen molar-refractivity contribution >= 4 is 23.4 Å². The van der Waals surface area contributed by atoms with Crippen LogP contribution in [0.2, 0.25) is 0 Å². The van der Waals surface area contributed by atoms with E-state index in [0.717, 1.165) is 5.56 Å². The second-order valence-corrected chi connectivity index (χ2v) is 4.06. The minimum atomic E-state index is -0.505. The van der Waals surface area contributed by atoms with Crippen LogP contribution >= 0.6 is 0 Å². The van der Waals surface area contributed by atoms with Crippen LogP contribution in [0.25, 0.3) is 6.08 Å². The Morgan fingerprint density at radius 1 is 1.05 bits per heavy atom. The summed E-state index contributed by atoms with van der Waals surface area (Å²) in [5.41, 5.74) is 1.22. The van der Waals surface area contributed by atoms with E-state index in [9.17, 15) is 14.9 Å². The van der Waals surface area contributed by atoms with E-state index in [1.807, 2.05) is 30.3 Å². The Hall–Kier alpha value is -3.15. The molecule has 21 heavy (non-hydrogen) atoms. The average molecular weight is 281 g/mol. The van der Waals surface area contributed by atoms with Gasteiger partial charge in [-0.25, -0.2) is 0 Å². The van der Waals surface area contributed by atoms with Gasteiger partial charge in [0.15, 0.2) is 0 Å². The standard InChI is InChI=1S/C15H11N3O3/c19-15(11-6-12-4-2-1-3-5-12)17-16-13-7-9-14(10-8-13)18(20)21/h1-11H/b11-6+,17-16?. The maximum absolute atomic E-state index is 11.5. The molecule has 0 atom stereocenters. The molecule has 0 saturated heterocycles. The van der Waals surface area contributed by atoms with Crippen molar-refractivity contribution in [3.63, 3.8) is 0 Å². The summed E-state index contributed by atoms with van der Waals surface area (Å²) in [6.07, 6.45) is 2.95. The molecule has 2 aromatic rings. The van der Waals surface area contributed by atoms with Gasteiger partial charge in [-0.3, -0.25) is 14.9 Å². The van der Waals surface area contributed by atoms with Gasteiger partial charge < -0.3 is 0 Å². The maximum atomic E-state index is 11.5. The summed E-state index contributed by atoms with van der Waals surface area (Å²) in [6, 6.07) is 14.8. The number of amides is 1. The second kappa shape index (κ2) is 6.85. The molecule has 1 amide bonds. The van der Waals surface area contributed by atoms with Gasteiger partial charge in [0.2, 0.25) is 0 Å². The molecule has 0 aliphatic carbocycles. The third kappa shape index (κ3) is 4.46. The van der Waals surface area contributed by atoms with Gasteiger partial charge in [0.1, 0.15) is 0 Å². The zero-order valence-corrected chi connectivity index (χ0v) is 10.9. The van der Waals surface area contributed by atoms with E-state index in [2.05, 4.69) is 10.2 Å². The molecule has 6 nitrogen and oxygen atoms in total. The fourth-order valence-electron chi connectivity index (χ4n) is 1.51. The van der Waals surface area contributed by atoms with Crippen molar-refractivity contribution < 1.29 is 9.72 Å². The number of nitro benzene ring substituents is 1. The number of non-ortho nitro benzene ring substituents is 1. The predicted octanol–water partition coefficient (Wildman–Crippen LogP) is 3.92. The smallest absolute Gasteiger partial charge is 0.266 e. The highest BCUT2D eigenvalue weighted by molar-refractivity contribution is 5.92. The molecular formula is C15H11N3O3. The van der Waals surface area contributed by atoms with Gasteiger partial charge >= 0.3 is 0 Å². The monoisotopic (exact) mass is 281 g/mol. The number of hydrogen-bond acceptors (Lipinski definition) is 4. The zero-order valence-electron chi connectivity index (χ0n) is 10.9. The van der Waals surface area contributed by atoms with Gasteiger partial charge in [0.05, 0.1) is 10.6 Å². The van der Waals surface area contributed by atoms with Crippen LogP contribution in [0.15, 0.2) is 70.9 Å². The van der Waals surface area contributed by atoms with Crippen molar-refractivity contribution in [1.82, 2.24) is 0 Å². The third-order valence-corrected chi connectivity index (χ3v) is 2.54. The van der Waals surface area contributed by atoms with Gasteiger partial charge in [-0.2, -0.15) is 0 Å². The number of hydrogen-bond donors (Lipinski definition) is 0. The first kappa shape index (κ1) is 14.3. The number of nitrogens with zero attached hydrogens (tertiary/aromatic N) is 3. The lowest BCUT2D eigenvalue weighted by atomic mass is 10.2. The number of carbonyl (C=O) groups is 1. The first-order chi connectivity index (χ1) is 10.1. The van der Waals surface area contributed by atoms with Crippen molar-refractivity contribution in [3.8, 4) is 0 Å². The first-order valence-electron chi connectivity index (χ1n) is 6.08. The van der Waals surface area contributed by atoms with Crippen molar-refractivity contribution in [3.05, 3.63) is 76.4 Å². The summed E-state index contributed by atoms with van der Waals surface area (Å²) in [4.78, 5) is 21.5. The van der Waals surface area contributed by atoms with Gasteiger partial charge in [-0.05, 0) is 23.8 Å². The van der Waals surface area contributed by atoms with Gasteiger partial charge in [-0.15, -0.1) is 10.2 Å². The molecule has 104 valence electrons. The Morgan fingerprint density at radius 2 is 1.71 bits per heavy atom. The Bertz CT molecular complexity index is 692. The maximum Gasteiger partial charge on any atom is 0.288 e. The molecule has 2 rings (SSSR count).